The third-order valence-corrected chi connectivity index (χ3v) is 2.40. The number of carbonyl (C=O) groups excluding carboxylic acids is 1. The highest BCUT2D eigenvalue weighted by Gasteiger charge is 2.17. The zero-order valence-corrected chi connectivity index (χ0v) is 8.88. The van der Waals surface area contributed by atoms with Crippen LogP contribution in [0.4, 0.5) is 17.6 Å². The maximum Gasteiger partial charge on any atom is 0.150 e. The van der Waals surface area contributed by atoms with Crippen LogP contribution in [-0.4, -0.2) is 6.29 Å². The van der Waals surface area contributed by atoms with Gasteiger partial charge in [-0.3, -0.25) is 4.79 Å². The second-order valence-electron chi connectivity index (χ2n) is 3.60. The van der Waals surface area contributed by atoms with Crippen LogP contribution < -0.4 is 0 Å². The van der Waals surface area contributed by atoms with Gasteiger partial charge in [0.1, 0.15) is 29.6 Å². The van der Waals surface area contributed by atoms with E-state index in [-0.39, 0.29) is 5.56 Å². The average Bonchev–Trinajstić information content (AvgIpc) is 2.30. The van der Waals surface area contributed by atoms with Gasteiger partial charge in [0.25, 0.3) is 0 Å². The predicted octanol–water partition coefficient (Wildman–Crippen LogP) is 3.72. The monoisotopic (exact) mass is 254 g/mol. The number of aldehydes is 1. The molecule has 0 spiro atoms. The Balaban J connectivity index is 2.72. The highest BCUT2D eigenvalue weighted by Crippen LogP contribution is 2.29. The van der Waals surface area contributed by atoms with Gasteiger partial charge in [-0.25, -0.2) is 17.6 Å². The van der Waals surface area contributed by atoms with Crippen LogP contribution in [0.15, 0.2) is 30.3 Å². The Labute approximate surface area is 99.7 Å². The summed E-state index contributed by atoms with van der Waals surface area (Å²) in [5.74, 6) is -4.45. The Morgan fingerprint density at radius 3 is 2.00 bits per heavy atom. The van der Waals surface area contributed by atoms with Crippen molar-refractivity contribution < 1.29 is 22.4 Å². The Bertz CT molecular complexity index is 599. The van der Waals surface area contributed by atoms with Crippen LogP contribution in [0, 0.1) is 23.3 Å². The van der Waals surface area contributed by atoms with E-state index >= 15 is 0 Å². The van der Waals surface area contributed by atoms with Gasteiger partial charge in [0.05, 0.1) is 5.56 Å². The molecule has 0 amide bonds. The molecule has 2 aromatic carbocycles. The summed E-state index contributed by atoms with van der Waals surface area (Å²) in [5.41, 5.74) is -1.05. The van der Waals surface area contributed by atoms with Gasteiger partial charge < -0.3 is 0 Å². The fraction of sp³-hybridized carbons (Fsp3) is 0. The second-order valence-corrected chi connectivity index (χ2v) is 3.60. The van der Waals surface area contributed by atoms with E-state index in [1.807, 2.05) is 0 Å². The molecule has 0 heterocycles. The highest BCUT2D eigenvalue weighted by atomic mass is 19.1. The van der Waals surface area contributed by atoms with Crippen LogP contribution in [0.5, 0.6) is 0 Å². The Kier molecular flexibility index (Phi) is 3.14. The first-order valence-electron chi connectivity index (χ1n) is 4.92. The lowest BCUT2D eigenvalue weighted by atomic mass is 10.0. The molecule has 0 bridgehead atoms. The molecular weight excluding hydrogens is 248 g/mol. The molecule has 2 rings (SSSR count). The second kappa shape index (κ2) is 4.60. The average molecular weight is 254 g/mol. The van der Waals surface area contributed by atoms with Gasteiger partial charge in [-0.1, -0.05) is 0 Å². The smallest absolute Gasteiger partial charge is 0.150 e. The van der Waals surface area contributed by atoms with Crippen LogP contribution in [0.25, 0.3) is 11.1 Å². The van der Waals surface area contributed by atoms with Gasteiger partial charge in [-0.2, -0.15) is 0 Å². The van der Waals surface area contributed by atoms with E-state index in [4.69, 9.17) is 0 Å². The van der Waals surface area contributed by atoms with Crippen molar-refractivity contribution in [3.05, 3.63) is 59.2 Å². The number of carbonyl (C=O) groups is 1. The Morgan fingerprint density at radius 1 is 0.833 bits per heavy atom. The molecule has 18 heavy (non-hydrogen) atoms. The van der Waals surface area contributed by atoms with Crippen molar-refractivity contribution in [3.8, 4) is 11.1 Å². The molecule has 0 saturated heterocycles. The van der Waals surface area contributed by atoms with E-state index in [2.05, 4.69) is 0 Å². The molecule has 0 N–H and O–H groups in total. The molecule has 92 valence electrons. The maximum absolute atomic E-state index is 13.5. The lowest BCUT2D eigenvalue weighted by Gasteiger charge is -2.07. The van der Waals surface area contributed by atoms with E-state index in [9.17, 15) is 22.4 Å². The molecule has 0 atom stereocenters. The van der Waals surface area contributed by atoms with Crippen molar-refractivity contribution in [2.75, 3.05) is 0 Å². The quantitative estimate of drug-likeness (QED) is 0.589. The largest absolute Gasteiger partial charge is 0.298 e. The minimum Gasteiger partial charge on any atom is -0.298 e. The van der Waals surface area contributed by atoms with Gasteiger partial charge >= 0.3 is 0 Å². The van der Waals surface area contributed by atoms with Crippen molar-refractivity contribution in [2.24, 2.45) is 0 Å². The molecule has 5 heteroatoms. The summed E-state index contributed by atoms with van der Waals surface area (Å²) >= 11 is 0. The molecule has 0 radical (unpaired) electrons. The molecule has 0 aliphatic rings. The van der Waals surface area contributed by atoms with Crippen LogP contribution in [-0.2, 0) is 0 Å². The van der Waals surface area contributed by atoms with Crippen molar-refractivity contribution >= 4 is 6.29 Å². The van der Waals surface area contributed by atoms with E-state index in [0.29, 0.717) is 18.4 Å². The minimum atomic E-state index is -1.23. The predicted molar refractivity (Wildman–Crippen MR) is 57.1 cm³/mol. The summed E-state index contributed by atoms with van der Waals surface area (Å²) in [6, 6.07) is 3.99. The molecular formula is C13H6F4O. The first-order valence-corrected chi connectivity index (χ1v) is 4.92. The molecule has 0 fully saturated rings. The highest BCUT2D eigenvalue weighted by molar-refractivity contribution is 5.79. The van der Waals surface area contributed by atoms with Gasteiger partial charge in [-0.05, 0) is 18.2 Å². The van der Waals surface area contributed by atoms with Crippen LogP contribution in [0.1, 0.15) is 10.4 Å². The molecule has 1 nitrogen and oxygen atoms in total. The summed E-state index contributed by atoms with van der Waals surface area (Å²) in [6.45, 7) is 0. The first-order chi connectivity index (χ1) is 8.52. The van der Waals surface area contributed by atoms with E-state index in [1.54, 1.807) is 0 Å². The number of halogens is 4. The zero-order chi connectivity index (χ0) is 13.3. The standard InChI is InChI=1S/C13H6F4O/c14-8-4-11(16)13(12(17)5-8)9-3-7(6-18)1-2-10(9)15/h1-6H. The summed E-state index contributed by atoms with van der Waals surface area (Å²) < 4.78 is 53.2. The lowest BCUT2D eigenvalue weighted by Crippen LogP contribution is -1.96. The van der Waals surface area contributed by atoms with Crippen molar-refractivity contribution in [3.63, 3.8) is 0 Å². The third-order valence-electron chi connectivity index (χ3n) is 2.40. The normalized spacial score (nSPS) is 10.4. The molecule has 0 aromatic heterocycles. The summed E-state index contributed by atoms with van der Waals surface area (Å²) in [5, 5.41) is 0. The summed E-state index contributed by atoms with van der Waals surface area (Å²) in [4.78, 5) is 10.6. The van der Waals surface area contributed by atoms with E-state index in [0.717, 1.165) is 12.1 Å². The molecule has 2 aromatic rings. The fourth-order valence-corrected chi connectivity index (χ4v) is 1.61. The number of benzene rings is 2. The molecule has 0 saturated carbocycles. The molecule has 0 aliphatic heterocycles. The number of hydrogen-bond donors (Lipinski definition) is 0. The third kappa shape index (κ3) is 2.11. The number of hydrogen-bond acceptors (Lipinski definition) is 1. The Morgan fingerprint density at radius 2 is 1.44 bits per heavy atom. The summed E-state index contributed by atoms with van der Waals surface area (Å²) in [6.07, 6.45) is 0.419. The van der Waals surface area contributed by atoms with Gasteiger partial charge in [0, 0.05) is 23.3 Å². The first kappa shape index (κ1) is 12.3. The Hall–Kier alpha value is -2.17. The van der Waals surface area contributed by atoms with Gasteiger partial charge in [0.2, 0.25) is 0 Å². The van der Waals surface area contributed by atoms with Gasteiger partial charge in [0.15, 0.2) is 0 Å². The molecule has 0 aliphatic carbocycles. The zero-order valence-electron chi connectivity index (χ0n) is 8.88. The van der Waals surface area contributed by atoms with Crippen molar-refractivity contribution in [1.82, 2.24) is 0 Å². The topological polar surface area (TPSA) is 17.1 Å². The summed E-state index contributed by atoms with van der Waals surface area (Å²) in [7, 11) is 0. The van der Waals surface area contributed by atoms with Gasteiger partial charge in [-0.15, -0.1) is 0 Å². The lowest BCUT2D eigenvalue weighted by molar-refractivity contribution is 0.112. The van der Waals surface area contributed by atoms with Crippen LogP contribution in [0.2, 0.25) is 0 Å². The van der Waals surface area contributed by atoms with E-state index in [1.165, 1.54) is 6.07 Å². The minimum absolute atomic E-state index is 0.0644. The number of rotatable bonds is 2. The fourth-order valence-electron chi connectivity index (χ4n) is 1.61. The van der Waals surface area contributed by atoms with Crippen molar-refractivity contribution in [2.45, 2.75) is 0 Å². The van der Waals surface area contributed by atoms with E-state index < -0.39 is 34.4 Å². The van der Waals surface area contributed by atoms with Crippen LogP contribution in [0.3, 0.4) is 0 Å². The molecule has 0 unspecified atom stereocenters. The maximum atomic E-state index is 13.5. The SMILES string of the molecule is O=Cc1ccc(F)c(-c2c(F)cc(F)cc2F)c1. The van der Waals surface area contributed by atoms with Crippen molar-refractivity contribution in [1.29, 1.82) is 0 Å². The van der Waals surface area contributed by atoms with Crippen LogP contribution >= 0.6 is 0 Å².